The molecule has 0 aliphatic rings. The van der Waals surface area contributed by atoms with Gasteiger partial charge in [-0.2, -0.15) is 5.26 Å². The smallest absolute Gasteiger partial charge is 0.123 e. The molecule has 1 rings (SSSR count). The molecule has 1 aromatic carbocycles. The van der Waals surface area contributed by atoms with Gasteiger partial charge in [-0.25, -0.2) is 0 Å². The minimum atomic E-state index is 0.576. The molecule has 0 amide bonds. The van der Waals surface area contributed by atoms with Crippen molar-refractivity contribution in [1.29, 1.82) is 5.26 Å². The Hall–Kier alpha value is -1.20. The van der Waals surface area contributed by atoms with Gasteiger partial charge in [-0.05, 0) is 43.4 Å². The van der Waals surface area contributed by atoms with Crippen LogP contribution in [0.25, 0.3) is 0 Å². The van der Waals surface area contributed by atoms with E-state index < -0.39 is 0 Å². The molecule has 0 saturated carbocycles. The molecular weight excluding hydrogens is 234 g/mol. The van der Waals surface area contributed by atoms with Crippen LogP contribution in [-0.2, 0) is 0 Å². The first-order valence-electron chi connectivity index (χ1n) is 5.87. The molecule has 3 heteroatoms. The highest BCUT2D eigenvalue weighted by molar-refractivity contribution is 6.17. The molecule has 0 aliphatic carbocycles. The number of ether oxygens (including phenoxy) is 1. The Bertz CT molecular complexity index is 398. The zero-order valence-corrected chi connectivity index (χ0v) is 11.1. The molecule has 0 radical (unpaired) electrons. The summed E-state index contributed by atoms with van der Waals surface area (Å²) in [6.45, 7) is 4.83. The van der Waals surface area contributed by atoms with E-state index in [1.165, 1.54) is 0 Å². The fourth-order valence-electron chi connectivity index (χ4n) is 1.53. The summed E-state index contributed by atoms with van der Waals surface area (Å²) >= 11 is 5.68. The molecule has 0 N–H and O–H groups in total. The first-order valence-corrected chi connectivity index (χ1v) is 6.40. The monoisotopic (exact) mass is 251 g/mol. The number of aryl methyl sites for hydroxylation is 1. The van der Waals surface area contributed by atoms with Gasteiger partial charge in [0.1, 0.15) is 5.75 Å². The molecule has 1 aromatic rings. The van der Waals surface area contributed by atoms with E-state index in [1.54, 1.807) is 12.1 Å². The molecule has 1 atom stereocenters. The molecule has 0 spiro atoms. The number of halogens is 1. The molecule has 2 nitrogen and oxygen atoms in total. The van der Waals surface area contributed by atoms with Crippen LogP contribution in [0.15, 0.2) is 18.2 Å². The Labute approximate surface area is 108 Å². The van der Waals surface area contributed by atoms with Crippen molar-refractivity contribution in [3.05, 3.63) is 29.3 Å². The third-order valence-corrected chi connectivity index (χ3v) is 3.01. The summed E-state index contributed by atoms with van der Waals surface area (Å²) in [6.07, 6.45) is 2.01. The highest BCUT2D eigenvalue weighted by atomic mass is 35.5. The molecular formula is C14H18ClNO. The van der Waals surface area contributed by atoms with Gasteiger partial charge in [-0.3, -0.25) is 0 Å². The quantitative estimate of drug-likeness (QED) is 0.719. The predicted octanol–water partition coefficient (Wildman–Crippen LogP) is 3.90. The molecule has 0 saturated heterocycles. The van der Waals surface area contributed by atoms with Crippen LogP contribution in [0.1, 0.15) is 30.9 Å². The topological polar surface area (TPSA) is 33.0 Å². The normalized spacial score (nSPS) is 11.9. The number of alkyl halides is 1. The Morgan fingerprint density at radius 1 is 1.41 bits per heavy atom. The fourth-order valence-corrected chi connectivity index (χ4v) is 1.90. The molecule has 0 fully saturated rings. The van der Waals surface area contributed by atoms with Crippen LogP contribution in [0.3, 0.4) is 0 Å². The average Bonchev–Trinajstić information content (AvgIpc) is 2.32. The van der Waals surface area contributed by atoms with Crippen LogP contribution in [0.2, 0.25) is 0 Å². The van der Waals surface area contributed by atoms with Gasteiger partial charge in [0.15, 0.2) is 0 Å². The highest BCUT2D eigenvalue weighted by Crippen LogP contribution is 2.20. The van der Waals surface area contributed by atoms with Crippen molar-refractivity contribution < 1.29 is 4.74 Å². The maximum Gasteiger partial charge on any atom is 0.123 e. The van der Waals surface area contributed by atoms with Gasteiger partial charge in [0.05, 0.1) is 18.2 Å². The minimum absolute atomic E-state index is 0.576. The summed E-state index contributed by atoms with van der Waals surface area (Å²) < 4.78 is 5.70. The Morgan fingerprint density at radius 2 is 2.18 bits per heavy atom. The Kier molecular flexibility index (Phi) is 5.86. The van der Waals surface area contributed by atoms with Crippen molar-refractivity contribution >= 4 is 11.6 Å². The van der Waals surface area contributed by atoms with Crippen molar-refractivity contribution in [1.82, 2.24) is 0 Å². The summed E-state index contributed by atoms with van der Waals surface area (Å²) in [5.74, 6) is 2.08. The van der Waals surface area contributed by atoms with E-state index in [-0.39, 0.29) is 0 Å². The maximum atomic E-state index is 8.82. The Balaban J connectivity index is 2.49. The van der Waals surface area contributed by atoms with Gasteiger partial charge >= 0.3 is 0 Å². The minimum Gasteiger partial charge on any atom is -0.493 e. The van der Waals surface area contributed by atoms with E-state index in [1.807, 2.05) is 13.0 Å². The van der Waals surface area contributed by atoms with Crippen LogP contribution in [-0.4, -0.2) is 12.5 Å². The molecule has 1 unspecified atom stereocenters. The third-order valence-electron chi connectivity index (χ3n) is 2.79. The van der Waals surface area contributed by atoms with Gasteiger partial charge in [-0.1, -0.05) is 13.0 Å². The van der Waals surface area contributed by atoms with Crippen LogP contribution in [0, 0.1) is 24.2 Å². The summed E-state index contributed by atoms with van der Waals surface area (Å²) in [4.78, 5) is 0. The summed E-state index contributed by atoms with van der Waals surface area (Å²) in [5, 5.41) is 8.82. The number of rotatable bonds is 6. The molecule has 0 aromatic heterocycles. The maximum absolute atomic E-state index is 8.82. The van der Waals surface area contributed by atoms with E-state index in [9.17, 15) is 0 Å². The van der Waals surface area contributed by atoms with E-state index in [0.717, 1.165) is 24.2 Å². The van der Waals surface area contributed by atoms with Crippen LogP contribution >= 0.6 is 11.6 Å². The first-order chi connectivity index (χ1) is 8.17. The van der Waals surface area contributed by atoms with E-state index in [0.29, 0.717) is 24.0 Å². The largest absolute Gasteiger partial charge is 0.493 e. The second-order valence-corrected chi connectivity index (χ2v) is 4.69. The first kappa shape index (κ1) is 13.9. The second kappa shape index (κ2) is 7.19. The lowest BCUT2D eigenvalue weighted by atomic mass is 10.1. The zero-order chi connectivity index (χ0) is 12.7. The number of hydrogen-bond donors (Lipinski definition) is 0. The number of benzene rings is 1. The number of hydrogen-bond acceptors (Lipinski definition) is 2. The zero-order valence-electron chi connectivity index (χ0n) is 10.4. The van der Waals surface area contributed by atoms with Gasteiger partial charge in [0.2, 0.25) is 0 Å². The molecule has 0 heterocycles. The van der Waals surface area contributed by atoms with Crippen molar-refractivity contribution in [2.75, 3.05) is 12.5 Å². The molecule has 0 bridgehead atoms. The number of nitrogens with zero attached hydrogens (tertiary/aromatic N) is 1. The van der Waals surface area contributed by atoms with Gasteiger partial charge in [-0.15, -0.1) is 11.6 Å². The predicted molar refractivity (Wildman–Crippen MR) is 70.5 cm³/mol. The van der Waals surface area contributed by atoms with Crippen molar-refractivity contribution in [2.24, 2.45) is 5.92 Å². The van der Waals surface area contributed by atoms with E-state index in [4.69, 9.17) is 21.6 Å². The molecule has 0 aliphatic heterocycles. The van der Waals surface area contributed by atoms with Crippen LogP contribution < -0.4 is 4.74 Å². The Morgan fingerprint density at radius 3 is 2.82 bits per heavy atom. The summed E-state index contributed by atoms with van der Waals surface area (Å²) in [7, 11) is 0. The van der Waals surface area contributed by atoms with Crippen molar-refractivity contribution in [3.8, 4) is 11.8 Å². The van der Waals surface area contributed by atoms with E-state index in [2.05, 4.69) is 13.0 Å². The lowest BCUT2D eigenvalue weighted by molar-refractivity contribution is 0.280. The van der Waals surface area contributed by atoms with Gasteiger partial charge in [0, 0.05) is 5.88 Å². The van der Waals surface area contributed by atoms with Crippen molar-refractivity contribution in [2.45, 2.75) is 26.7 Å². The number of nitriles is 1. The summed E-state index contributed by atoms with van der Waals surface area (Å²) in [5.41, 5.74) is 1.70. The lowest BCUT2D eigenvalue weighted by Crippen LogP contribution is -2.05. The fraction of sp³-hybridized carbons (Fsp3) is 0.500. The SMILES string of the molecule is Cc1ccc(C#N)cc1OCCC(C)CCCl. The van der Waals surface area contributed by atoms with Gasteiger partial charge < -0.3 is 4.74 Å². The third kappa shape index (κ3) is 4.66. The van der Waals surface area contributed by atoms with Crippen LogP contribution in [0.4, 0.5) is 0 Å². The van der Waals surface area contributed by atoms with E-state index >= 15 is 0 Å². The van der Waals surface area contributed by atoms with Gasteiger partial charge in [0.25, 0.3) is 0 Å². The van der Waals surface area contributed by atoms with Crippen LogP contribution in [0.5, 0.6) is 5.75 Å². The molecule has 92 valence electrons. The van der Waals surface area contributed by atoms with Crippen molar-refractivity contribution in [3.63, 3.8) is 0 Å². The second-order valence-electron chi connectivity index (χ2n) is 4.31. The highest BCUT2D eigenvalue weighted by Gasteiger charge is 2.04. The molecule has 17 heavy (non-hydrogen) atoms. The summed E-state index contributed by atoms with van der Waals surface area (Å²) in [6, 6.07) is 7.63. The average molecular weight is 252 g/mol. The standard InChI is InChI=1S/C14H18ClNO/c1-11(5-7-15)6-8-17-14-9-13(10-16)4-3-12(14)2/h3-4,9,11H,5-8H2,1-2H3. The lowest BCUT2D eigenvalue weighted by Gasteiger charge is -2.12.